The second-order valence-electron chi connectivity index (χ2n) is 6.12. The largest absolute Gasteiger partial charge is 0.477 e. The first-order valence-corrected chi connectivity index (χ1v) is 8.95. The Labute approximate surface area is 154 Å². The van der Waals surface area contributed by atoms with E-state index < -0.39 is 5.97 Å². The zero-order valence-electron chi connectivity index (χ0n) is 14.1. The van der Waals surface area contributed by atoms with Gasteiger partial charge in [-0.3, -0.25) is 0 Å². The molecule has 0 aliphatic carbocycles. The molecule has 4 rings (SSSR count). The van der Waals surface area contributed by atoms with E-state index >= 15 is 0 Å². The fraction of sp³-hybridized carbons (Fsp3) is 0.0476. The Morgan fingerprint density at radius 1 is 1.04 bits per heavy atom. The zero-order valence-corrected chi connectivity index (χ0v) is 14.9. The normalized spacial score (nSPS) is 11.0. The number of pyridine rings is 1. The van der Waals surface area contributed by atoms with Crippen LogP contribution in [0.15, 0.2) is 60.7 Å². The van der Waals surface area contributed by atoms with Crippen LogP contribution in [0.1, 0.15) is 15.2 Å². The molecule has 0 unspecified atom stereocenters. The number of hydrogen-bond donors (Lipinski definition) is 2. The number of carbonyl (C=O) groups is 1. The highest BCUT2D eigenvalue weighted by Gasteiger charge is 2.21. The summed E-state index contributed by atoms with van der Waals surface area (Å²) >= 11 is 1.12. The van der Waals surface area contributed by atoms with Gasteiger partial charge < -0.3 is 10.8 Å². The maximum absolute atomic E-state index is 11.5. The molecule has 0 radical (unpaired) electrons. The summed E-state index contributed by atoms with van der Waals surface area (Å²) in [5.41, 5.74) is 11.3. The number of nitrogens with zero attached hydrogens (tertiary/aromatic N) is 1. The van der Waals surface area contributed by atoms with Crippen molar-refractivity contribution in [2.24, 2.45) is 0 Å². The average Bonchev–Trinajstić information content (AvgIpc) is 2.99. The molecule has 0 atom stereocenters. The Morgan fingerprint density at radius 2 is 1.73 bits per heavy atom. The van der Waals surface area contributed by atoms with Gasteiger partial charge in [0.25, 0.3) is 0 Å². The third-order valence-electron chi connectivity index (χ3n) is 4.33. The minimum atomic E-state index is -1.03. The third-order valence-corrected chi connectivity index (χ3v) is 5.41. The molecule has 0 saturated carbocycles. The second kappa shape index (κ2) is 6.28. The van der Waals surface area contributed by atoms with Crippen LogP contribution in [0.4, 0.5) is 5.69 Å². The highest BCUT2D eigenvalue weighted by atomic mass is 32.1. The lowest BCUT2D eigenvalue weighted by Crippen LogP contribution is -1.97. The highest BCUT2D eigenvalue weighted by molar-refractivity contribution is 7.21. The summed E-state index contributed by atoms with van der Waals surface area (Å²) in [5, 5.41) is 10.2. The van der Waals surface area contributed by atoms with Crippen LogP contribution in [0.25, 0.3) is 32.6 Å². The summed E-state index contributed by atoms with van der Waals surface area (Å²) in [4.78, 5) is 17.0. The van der Waals surface area contributed by atoms with Crippen LogP contribution < -0.4 is 5.73 Å². The molecule has 4 aromatic rings. The van der Waals surface area contributed by atoms with Gasteiger partial charge in [0.15, 0.2) is 0 Å². The van der Waals surface area contributed by atoms with Crippen molar-refractivity contribution >= 4 is 33.2 Å². The number of hydrogen-bond acceptors (Lipinski definition) is 4. The van der Waals surface area contributed by atoms with Crippen molar-refractivity contribution in [1.29, 1.82) is 0 Å². The van der Waals surface area contributed by atoms with E-state index in [1.165, 1.54) is 0 Å². The molecule has 0 bridgehead atoms. The first-order valence-electron chi connectivity index (χ1n) is 8.13. The van der Waals surface area contributed by atoms with Gasteiger partial charge in [-0.15, -0.1) is 11.3 Å². The molecule has 5 heteroatoms. The molecule has 2 aromatic heterocycles. The number of benzene rings is 2. The molecular weight excluding hydrogens is 344 g/mol. The lowest BCUT2D eigenvalue weighted by molar-refractivity contribution is 0.0703. The molecule has 4 nitrogen and oxygen atoms in total. The maximum atomic E-state index is 11.5. The maximum Gasteiger partial charge on any atom is 0.348 e. The van der Waals surface area contributed by atoms with Gasteiger partial charge in [0.1, 0.15) is 9.71 Å². The number of aryl methyl sites for hydroxylation is 1. The summed E-state index contributed by atoms with van der Waals surface area (Å²) in [7, 11) is 0. The van der Waals surface area contributed by atoms with Crippen LogP contribution in [0.2, 0.25) is 0 Å². The Morgan fingerprint density at radius 3 is 2.38 bits per heavy atom. The van der Waals surface area contributed by atoms with E-state index in [1.54, 1.807) is 0 Å². The summed E-state index contributed by atoms with van der Waals surface area (Å²) < 4.78 is 0. The molecule has 0 aliphatic heterocycles. The second-order valence-corrected chi connectivity index (χ2v) is 7.12. The van der Waals surface area contributed by atoms with Crippen molar-refractivity contribution in [1.82, 2.24) is 4.98 Å². The first kappa shape index (κ1) is 16.3. The quantitative estimate of drug-likeness (QED) is 0.525. The lowest BCUT2D eigenvalue weighted by atomic mass is 9.99. The molecule has 26 heavy (non-hydrogen) atoms. The molecule has 0 spiro atoms. The monoisotopic (exact) mass is 360 g/mol. The van der Waals surface area contributed by atoms with Crippen LogP contribution in [-0.2, 0) is 0 Å². The van der Waals surface area contributed by atoms with Crippen LogP contribution >= 0.6 is 11.3 Å². The van der Waals surface area contributed by atoms with Crippen LogP contribution in [0, 0.1) is 6.92 Å². The number of anilines is 1. The van der Waals surface area contributed by atoms with Gasteiger partial charge in [0.05, 0.1) is 11.4 Å². The number of aromatic nitrogens is 1. The highest BCUT2D eigenvalue weighted by Crippen LogP contribution is 2.41. The zero-order chi connectivity index (χ0) is 18.3. The molecule has 2 aromatic carbocycles. The molecule has 3 N–H and O–H groups in total. The van der Waals surface area contributed by atoms with E-state index in [0.29, 0.717) is 10.2 Å². The average molecular weight is 360 g/mol. The standard InChI is InChI=1S/C21H16N2O2S/c1-12-7-9-13(10-8-12)15-11-16(14-5-3-2-4-6-14)23-20-17(15)18(22)19(26-20)21(24)25/h2-11H,22H2,1H3,(H,24,25). The predicted octanol–water partition coefficient (Wildman–Crippen LogP) is 5.22. The van der Waals surface area contributed by atoms with Crippen LogP contribution in [0.3, 0.4) is 0 Å². The minimum Gasteiger partial charge on any atom is -0.477 e. The third kappa shape index (κ3) is 2.72. The molecule has 2 heterocycles. The Hall–Kier alpha value is -3.18. The lowest BCUT2D eigenvalue weighted by Gasteiger charge is -2.09. The number of rotatable bonds is 3. The Kier molecular flexibility index (Phi) is 3.93. The van der Waals surface area contributed by atoms with Crippen LogP contribution in [-0.4, -0.2) is 16.1 Å². The molecule has 0 amide bonds. The van der Waals surface area contributed by atoms with Crippen molar-refractivity contribution in [2.45, 2.75) is 6.92 Å². The van der Waals surface area contributed by atoms with Crippen molar-refractivity contribution in [3.8, 4) is 22.4 Å². The topological polar surface area (TPSA) is 76.2 Å². The van der Waals surface area contributed by atoms with Crippen LogP contribution in [0.5, 0.6) is 0 Å². The number of aromatic carboxylic acids is 1. The number of fused-ring (bicyclic) bond motifs is 1. The summed E-state index contributed by atoms with van der Waals surface area (Å²) in [6.45, 7) is 2.03. The molecular formula is C21H16N2O2S. The summed E-state index contributed by atoms with van der Waals surface area (Å²) in [6.07, 6.45) is 0. The minimum absolute atomic E-state index is 0.131. The van der Waals surface area contributed by atoms with Crippen molar-refractivity contribution in [2.75, 3.05) is 5.73 Å². The van der Waals surface area contributed by atoms with Gasteiger partial charge in [-0.1, -0.05) is 60.2 Å². The SMILES string of the molecule is Cc1ccc(-c2cc(-c3ccccc3)nc3sc(C(=O)O)c(N)c23)cc1. The van der Waals surface area contributed by atoms with Gasteiger partial charge in [-0.05, 0) is 24.1 Å². The van der Waals surface area contributed by atoms with Crippen molar-refractivity contribution in [3.05, 3.63) is 71.1 Å². The van der Waals surface area contributed by atoms with E-state index in [-0.39, 0.29) is 10.6 Å². The molecule has 128 valence electrons. The van der Waals surface area contributed by atoms with Gasteiger partial charge in [-0.25, -0.2) is 9.78 Å². The number of thiophene rings is 1. The number of nitrogen functional groups attached to an aromatic ring is 1. The van der Waals surface area contributed by atoms with E-state index in [2.05, 4.69) is 4.98 Å². The van der Waals surface area contributed by atoms with Gasteiger partial charge >= 0.3 is 5.97 Å². The number of nitrogens with two attached hydrogens (primary N) is 1. The molecule has 0 fully saturated rings. The molecule has 0 aliphatic rings. The van der Waals surface area contributed by atoms with Crippen molar-refractivity contribution in [3.63, 3.8) is 0 Å². The number of carboxylic acid groups (broad SMARTS) is 1. The summed E-state index contributed by atoms with van der Waals surface area (Å²) in [5.74, 6) is -1.03. The molecule has 0 saturated heterocycles. The fourth-order valence-electron chi connectivity index (χ4n) is 3.00. The predicted molar refractivity (Wildman–Crippen MR) is 107 cm³/mol. The van der Waals surface area contributed by atoms with Gasteiger partial charge in [0, 0.05) is 10.9 Å². The van der Waals surface area contributed by atoms with E-state index in [1.807, 2.05) is 67.6 Å². The van der Waals surface area contributed by atoms with E-state index in [4.69, 9.17) is 5.73 Å². The van der Waals surface area contributed by atoms with E-state index in [9.17, 15) is 9.90 Å². The van der Waals surface area contributed by atoms with Gasteiger partial charge in [0.2, 0.25) is 0 Å². The Bertz CT molecular complexity index is 1120. The van der Waals surface area contributed by atoms with E-state index in [0.717, 1.165) is 39.3 Å². The first-order chi connectivity index (χ1) is 12.5. The smallest absolute Gasteiger partial charge is 0.348 e. The summed E-state index contributed by atoms with van der Waals surface area (Å²) in [6, 6.07) is 19.9. The van der Waals surface area contributed by atoms with Crippen molar-refractivity contribution < 1.29 is 9.90 Å². The Balaban J connectivity index is 2.06. The fourth-order valence-corrected chi connectivity index (χ4v) is 3.96. The van der Waals surface area contributed by atoms with Gasteiger partial charge in [-0.2, -0.15) is 0 Å². The number of carboxylic acids is 1.